The average molecular weight is 367 g/mol. The molecule has 0 unspecified atom stereocenters. The Hall–Kier alpha value is -2.73. The van der Waals surface area contributed by atoms with Gasteiger partial charge in [0.2, 0.25) is 11.8 Å². The highest BCUT2D eigenvalue weighted by molar-refractivity contribution is 6.08. The maximum atomic E-state index is 12.4. The number of hydrogen-bond donors (Lipinski definition) is 1. The van der Waals surface area contributed by atoms with E-state index in [1.165, 1.54) is 0 Å². The summed E-state index contributed by atoms with van der Waals surface area (Å²) >= 11 is 0. The van der Waals surface area contributed by atoms with Crippen LogP contribution in [-0.2, 0) is 4.79 Å². The van der Waals surface area contributed by atoms with Gasteiger partial charge in [0.15, 0.2) is 5.78 Å². The Morgan fingerprint density at radius 3 is 2.48 bits per heavy atom. The number of carbonyl (C=O) groups excluding carboxylic acids is 2. The molecule has 0 atom stereocenters. The summed E-state index contributed by atoms with van der Waals surface area (Å²) in [5.41, 5.74) is 1.19. The third kappa shape index (κ3) is 5.14. The third-order valence-corrected chi connectivity index (χ3v) is 4.90. The summed E-state index contributed by atoms with van der Waals surface area (Å²) < 4.78 is 5.70. The van der Waals surface area contributed by atoms with Crippen LogP contribution in [0.3, 0.4) is 0 Å². The Labute approximate surface area is 159 Å². The molecule has 1 aromatic heterocycles. The van der Waals surface area contributed by atoms with E-state index >= 15 is 0 Å². The number of amides is 1. The second-order valence-electron chi connectivity index (χ2n) is 6.66. The number of nitrogens with one attached hydrogen (secondary N) is 1. The highest BCUT2D eigenvalue weighted by atomic mass is 16.5. The number of nitrogens with zero attached hydrogens (tertiary/aromatic N) is 2. The summed E-state index contributed by atoms with van der Waals surface area (Å²) in [6.45, 7) is 3.13. The lowest BCUT2D eigenvalue weighted by Gasteiger charge is -2.30. The SMILES string of the molecule is CNC(=O)C1CCN(CCOc2ccc(C(=O)c3ccccc3)cn2)CC1. The molecule has 142 valence electrons. The Kier molecular flexibility index (Phi) is 6.54. The van der Waals surface area contributed by atoms with Crippen LogP contribution < -0.4 is 10.1 Å². The molecule has 1 amide bonds. The normalized spacial score (nSPS) is 15.3. The van der Waals surface area contributed by atoms with E-state index in [9.17, 15) is 9.59 Å². The lowest BCUT2D eigenvalue weighted by molar-refractivity contribution is -0.125. The fourth-order valence-electron chi connectivity index (χ4n) is 3.26. The van der Waals surface area contributed by atoms with Crippen molar-refractivity contribution in [2.45, 2.75) is 12.8 Å². The van der Waals surface area contributed by atoms with E-state index < -0.39 is 0 Å². The van der Waals surface area contributed by atoms with Crippen molar-refractivity contribution in [3.8, 4) is 5.88 Å². The lowest BCUT2D eigenvalue weighted by atomic mass is 9.96. The largest absolute Gasteiger partial charge is 0.476 e. The smallest absolute Gasteiger partial charge is 0.222 e. The molecule has 6 heteroatoms. The molecule has 0 aliphatic carbocycles. The standard InChI is InChI=1S/C21H25N3O3/c1-22-21(26)17-9-11-24(12-10-17)13-14-27-19-8-7-18(15-23-19)20(25)16-5-3-2-4-6-16/h2-8,15,17H,9-14H2,1H3,(H,22,26). The summed E-state index contributed by atoms with van der Waals surface area (Å²) in [5.74, 6) is 0.734. The van der Waals surface area contributed by atoms with Gasteiger partial charge >= 0.3 is 0 Å². The highest BCUT2D eigenvalue weighted by Gasteiger charge is 2.23. The lowest BCUT2D eigenvalue weighted by Crippen LogP contribution is -2.41. The number of carbonyl (C=O) groups is 2. The van der Waals surface area contributed by atoms with Crippen LogP contribution in [0.2, 0.25) is 0 Å². The van der Waals surface area contributed by atoms with Crippen LogP contribution in [0.1, 0.15) is 28.8 Å². The number of pyridine rings is 1. The first kappa shape index (κ1) is 19.0. The summed E-state index contributed by atoms with van der Waals surface area (Å²) in [4.78, 5) is 30.5. The van der Waals surface area contributed by atoms with Crippen molar-refractivity contribution in [1.29, 1.82) is 0 Å². The molecule has 1 aromatic carbocycles. The molecule has 1 aliphatic heterocycles. The topological polar surface area (TPSA) is 71.5 Å². The van der Waals surface area contributed by atoms with Crippen molar-refractivity contribution in [1.82, 2.24) is 15.2 Å². The molecule has 27 heavy (non-hydrogen) atoms. The van der Waals surface area contributed by atoms with Crippen LogP contribution >= 0.6 is 0 Å². The monoisotopic (exact) mass is 367 g/mol. The van der Waals surface area contributed by atoms with Crippen molar-refractivity contribution in [2.75, 3.05) is 33.3 Å². The van der Waals surface area contributed by atoms with Crippen LogP contribution in [0.25, 0.3) is 0 Å². The van der Waals surface area contributed by atoms with Gasteiger partial charge < -0.3 is 10.1 Å². The quantitative estimate of drug-likeness (QED) is 0.759. The molecule has 2 aromatic rings. The van der Waals surface area contributed by atoms with E-state index in [4.69, 9.17) is 4.74 Å². The van der Waals surface area contributed by atoms with Crippen LogP contribution in [0.4, 0.5) is 0 Å². The van der Waals surface area contributed by atoms with Gasteiger partial charge in [0, 0.05) is 42.9 Å². The molecule has 0 saturated carbocycles. The van der Waals surface area contributed by atoms with Crippen LogP contribution in [0.5, 0.6) is 5.88 Å². The van der Waals surface area contributed by atoms with Crippen molar-refractivity contribution >= 4 is 11.7 Å². The number of piperidine rings is 1. The summed E-state index contributed by atoms with van der Waals surface area (Å²) in [7, 11) is 1.69. The second-order valence-corrected chi connectivity index (χ2v) is 6.66. The number of ketones is 1. The molecule has 1 N–H and O–H groups in total. The molecule has 0 spiro atoms. The van der Waals surface area contributed by atoms with Gasteiger partial charge in [0.25, 0.3) is 0 Å². The number of likely N-dealkylation sites (tertiary alicyclic amines) is 1. The third-order valence-electron chi connectivity index (χ3n) is 4.90. The fourth-order valence-corrected chi connectivity index (χ4v) is 3.26. The number of ether oxygens (including phenoxy) is 1. The van der Waals surface area contributed by atoms with Crippen molar-refractivity contribution in [3.63, 3.8) is 0 Å². The maximum Gasteiger partial charge on any atom is 0.222 e. The van der Waals surface area contributed by atoms with Gasteiger partial charge in [-0.1, -0.05) is 30.3 Å². The molecular formula is C21H25N3O3. The van der Waals surface area contributed by atoms with Gasteiger partial charge in [-0.05, 0) is 32.0 Å². The number of rotatable bonds is 7. The van der Waals surface area contributed by atoms with Gasteiger partial charge in [-0.2, -0.15) is 0 Å². The Morgan fingerprint density at radius 2 is 1.85 bits per heavy atom. The number of hydrogen-bond acceptors (Lipinski definition) is 5. The molecule has 0 radical (unpaired) electrons. The van der Waals surface area contributed by atoms with E-state index in [0.29, 0.717) is 23.6 Å². The van der Waals surface area contributed by atoms with E-state index in [2.05, 4.69) is 15.2 Å². The zero-order chi connectivity index (χ0) is 19.1. The minimum atomic E-state index is -0.0476. The van der Waals surface area contributed by atoms with Gasteiger partial charge in [0.05, 0.1) is 0 Å². The molecule has 6 nitrogen and oxygen atoms in total. The summed E-state index contributed by atoms with van der Waals surface area (Å²) in [6.07, 6.45) is 3.32. The zero-order valence-electron chi connectivity index (χ0n) is 15.6. The fraction of sp³-hybridized carbons (Fsp3) is 0.381. The zero-order valence-corrected chi connectivity index (χ0v) is 15.6. The van der Waals surface area contributed by atoms with Gasteiger partial charge in [-0.25, -0.2) is 4.98 Å². The highest BCUT2D eigenvalue weighted by Crippen LogP contribution is 2.17. The maximum absolute atomic E-state index is 12.4. The van der Waals surface area contributed by atoms with E-state index in [1.807, 2.05) is 18.2 Å². The summed E-state index contributed by atoms with van der Waals surface area (Å²) in [5, 5.41) is 2.72. The molecule has 0 bridgehead atoms. The first-order valence-corrected chi connectivity index (χ1v) is 9.30. The summed E-state index contributed by atoms with van der Waals surface area (Å²) in [6, 6.07) is 12.6. The van der Waals surface area contributed by atoms with Crippen LogP contribution in [-0.4, -0.2) is 54.9 Å². The number of aromatic nitrogens is 1. The van der Waals surface area contributed by atoms with Gasteiger partial charge in [-0.3, -0.25) is 14.5 Å². The van der Waals surface area contributed by atoms with Crippen LogP contribution in [0, 0.1) is 5.92 Å². The predicted molar refractivity (Wildman–Crippen MR) is 103 cm³/mol. The Balaban J connectivity index is 1.43. The van der Waals surface area contributed by atoms with Gasteiger partial charge in [0.1, 0.15) is 6.61 Å². The minimum absolute atomic E-state index is 0.0476. The van der Waals surface area contributed by atoms with E-state index in [-0.39, 0.29) is 17.6 Å². The van der Waals surface area contributed by atoms with E-state index in [0.717, 1.165) is 32.5 Å². The predicted octanol–water partition coefficient (Wildman–Crippen LogP) is 2.15. The number of benzene rings is 1. The van der Waals surface area contributed by atoms with Crippen molar-refractivity contribution in [2.24, 2.45) is 5.92 Å². The second kappa shape index (κ2) is 9.28. The molecule has 1 aliphatic rings. The van der Waals surface area contributed by atoms with Gasteiger partial charge in [-0.15, -0.1) is 0 Å². The van der Waals surface area contributed by atoms with Crippen molar-refractivity contribution in [3.05, 3.63) is 59.8 Å². The molecule has 3 rings (SSSR count). The van der Waals surface area contributed by atoms with Crippen LogP contribution in [0.15, 0.2) is 48.7 Å². The molecular weight excluding hydrogens is 342 g/mol. The first-order valence-electron chi connectivity index (χ1n) is 9.30. The Morgan fingerprint density at radius 1 is 1.11 bits per heavy atom. The molecule has 2 heterocycles. The first-order chi connectivity index (χ1) is 13.2. The molecule has 1 fully saturated rings. The van der Waals surface area contributed by atoms with Crippen molar-refractivity contribution < 1.29 is 14.3 Å². The Bertz CT molecular complexity index is 754. The van der Waals surface area contributed by atoms with E-state index in [1.54, 1.807) is 37.5 Å². The molecule has 1 saturated heterocycles. The average Bonchev–Trinajstić information content (AvgIpc) is 2.74. The minimum Gasteiger partial charge on any atom is -0.476 e.